The van der Waals surface area contributed by atoms with Crippen LogP contribution in [0.1, 0.15) is 23.1 Å². The van der Waals surface area contributed by atoms with Crippen molar-refractivity contribution >= 4 is 29.9 Å². The third-order valence-electron chi connectivity index (χ3n) is 6.12. The third-order valence-corrected chi connectivity index (χ3v) is 6.12. The number of ether oxygens (including phenoxy) is 1. The first-order valence-corrected chi connectivity index (χ1v) is 11.2. The average molecular weight is 534 g/mol. The molecule has 0 spiro atoms. The van der Waals surface area contributed by atoms with Crippen LogP contribution in [0.3, 0.4) is 0 Å². The summed E-state index contributed by atoms with van der Waals surface area (Å²) in [5.74, 6) is 1.71. The number of rotatable bonds is 6. The molecule has 31 heavy (non-hydrogen) atoms. The van der Waals surface area contributed by atoms with Gasteiger partial charge in [-0.15, -0.1) is 24.0 Å². The molecule has 4 rings (SSSR count). The molecule has 0 radical (unpaired) electrons. The molecule has 6 heteroatoms. The van der Waals surface area contributed by atoms with Crippen LogP contribution >= 0.6 is 24.0 Å². The fourth-order valence-electron chi connectivity index (χ4n) is 4.51. The zero-order valence-corrected chi connectivity index (χ0v) is 20.8. The normalized spacial score (nSPS) is 19.8. The van der Waals surface area contributed by atoms with E-state index >= 15 is 0 Å². The number of halogens is 1. The van der Waals surface area contributed by atoms with Crippen molar-refractivity contribution < 1.29 is 4.74 Å². The van der Waals surface area contributed by atoms with Crippen LogP contribution in [0, 0.1) is 5.92 Å². The first-order chi connectivity index (χ1) is 14.8. The number of nitrogens with zero attached hydrogens (tertiary/aromatic N) is 3. The monoisotopic (exact) mass is 534 g/mol. The van der Waals surface area contributed by atoms with E-state index in [0.29, 0.717) is 5.92 Å². The zero-order chi connectivity index (χ0) is 20.6. The number of hydrogen-bond acceptors (Lipinski definition) is 3. The number of nitrogens with one attached hydrogen (secondary N) is 1. The molecule has 1 unspecified atom stereocenters. The minimum atomic E-state index is 0. The van der Waals surface area contributed by atoms with Crippen LogP contribution in [0.25, 0.3) is 0 Å². The van der Waals surface area contributed by atoms with E-state index in [9.17, 15) is 0 Å². The molecule has 0 amide bonds. The summed E-state index contributed by atoms with van der Waals surface area (Å²) in [5.41, 5.74) is 4.11. The molecule has 2 fully saturated rings. The van der Waals surface area contributed by atoms with Crippen LogP contribution in [0.4, 0.5) is 0 Å². The minimum absolute atomic E-state index is 0. The van der Waals surface area contributed by atoms with Gasteiger partial charge in [0.25, 0.3) is 0 Å². The average Bonchev–Trinajstić information content (AvgIpc) is 3.24. The van der Waals surface area contributed by atoms with Gasteiger partial charge in [0.2, 0.25) is 0 Å². The topological polar surface area (TPSA) is 40.1 Å². The van der Waals surface area contributed by atoms with Crippen molar-refractivity contribution in [1.82, 2.24) is 15.1 Å². The Hall–Kier alpha value is -1.64. The number of aliphatic imine (C=N–C) groups is 1. The molecule has 2 heterocycles. The van der Waals surface area contributed by atoms with Crippen LogP contribution in [0.2, 0.25) is 0 Å². The predicted molar refractivity (Wildman–Crippen MR) is 138 cm³/mol. The van der Waals surface area contributed by atoms with Crippen LogP contribution < -0.4 is 5.32 Å². The predicted octanol–water partition coefficient (Wildman–Crippen LogP) is 3.78. The molecule has 168 valence electrons. The molecule has 2 aromatic rings. The molecule has 2 aliphatic heterocycles. The second-order valence-corrected chi connectivity index (χ2v) is 8.40. The Morgan fingerprint density at radius 2 is 1.74 bits per heavy atom. The largest absolute Gasteiger partial charge is 0.379 e. The van der Waals surface area contributed by atoms with Crippen LogP contribution in [0.15, 0.2) is 59.6 Å². The first kappa shape index (κ1) is 24.0. The Morgan fingerprint density at radius 3 is 2.52 bits per heavy atom. The van der Waals surface area contributed by atoms with Crippen LogP contribution in [-0.4, -0.2) is 62.2 Å². The summed E-state index contributed by atoms with van der Waals surface area (Å²) in [6, 6.07) is 19.7. The van der Waals surface area contributed by atoms with Gasteiger partial charge in [-0.2, -0.15) is 0 Å². The summed E-state index contributed by atoms with van der Waals surface area (Å²) in [6.07, 6.45) is 2.38. The lowest BCUT2D eigenvalue weighted by Gasteiger charge is -2.26. The van der Waals surface area contributed by atoms with Crippen LogP contribution in [0.5, 0.6) is 0 Å². The molecule has 2 saturated heterocycles. The van der Waals surface area contributed by atoms with Gasteiger partial charge >= 0.3 is 0 Å². The van der Waals surface area contributed by atoms with Gasteiger partial charge in [0.1, 0.15) is 0 Å². The maximum Gasteiger partial charge on any atom is 0.193 e. The third kappa shape index (κ3) is 7.19. The van der Waals surface area contributed by atoms with Gasteiger partial charge in [0, 0.05) is 46.3 Å². The SMILES string of the molecule is CN=C(NCc1cccc(CN2CCOCC2)c1)N1CCC(Cc2ccccc2)C1.I. The lowest BCUT2D eigenvalue weighted by atomic mass is 9.99. The number of morpholine rings is 1. The van der Waals surface area contributed by atoms with Gasteiger partial charge in [0.15, 0.2) is 5.96 Å². The van der Waals surface area contributed by atoms with Crippen molar-refractivity contribution in [2.24, 2.45) is 10.9 Å². The Labute approximate surface area is 203 Å². The fourth-order valence-corrected chi connectivity index (χ4v) is 4.51. The quantitative estimate of drug-likeness (QED) is 0.348. The van der Waals surface area contributed by atoms with E-state index in [-0.39, 0.29) is 24.0 Å². The Balaban J connectivity index is 0.00000272. The van der Waals surface area contributed by atoms with Crippen molar-refractivity contribution in [2.45, 2.75) is 25.9 Å². The Bertz CT molecular complexity index is 823. The van der Waals surface area contributed by atoms with Gasteiger partial charge in [-0.3, -0.25) is 9.89 Å². The summed E-state index contributed by atoms with van der Waals surface area (Å²) >= 11 is 0. The summed E-state index contributed by atoms with van der Waals surface area (Å²) in [5, 5.41) is 3.59. The number of hydrogen-bond donors (Lipinski definition) is 1. The molecular weight excluding hydrogens is 499 g/mol. The minimum Gasteiger partial charge on any atom is -0.379 e. The summed E-state index contributed by atoms with van der Waals surface area (Å²) in [6.45, 7) is 7.70. The molecule has 0 aromatic heterocycles. The highest BCUT2D eigenvalue weighted by Gasteiger charge is 2.24. The van der Waals surface area contributed by atoms with Gasteiger partial charge in [-0.1, -0.05) is 54.6 Å². The van der Waals surface area contributed by atoms with Gasteiger partial charge in [-0.25, -0.2) is 0 Å². The molecular formula is C25H35IN4O. The molecule has 2 aromatic carbocycles. The molecule has 1 N–H and O–H groups in total. The number of guanidine groups is 1. The summed E-state index contributed by atoms with van der Waals surface area (Å²) < 4.78 is 5.46. The van der Waals surface area contributed by atoms with E-state index in [4.69, 9.17) is 4.74 Å². The van der Waals surface area contributed by atoms with Crippen molar-refractivity contribution in [3.8, 4) is 0 Å². The van der Waals surface area contributed by atoms with E-state index in [0.717, 1.165) is 64.9 Å². The second kappa shape index (κ2) is 12.4. The second-order valence-electron chi connectivity index (χ2n) is 8.40. The lowest BCUT2D eigenvalue weighted by Crippen LogP contribution is -2.39. The van der Waals surface area contributed by atoms with Crippen molar-refractivity contribution in [2.75, 3.05) is 46.4 Å². The van der Waals surface area contributed by atoms with Gasteiger partial charge in [-0.05, 0) is 35.4 Å². The highest BCUT2D eigenvalue weighted by atomic mass is 127. The van der Waals surface area contributed by atoms with Crippen LogP contribution in [-0.2, 0) is 24.2 Å². The van der Waals surface area contributed by atoms with Gasteiger partial charge < -0.3 is 15.0 Å². The Morgan fingerprint density at radius 1 is 1.00 bits per heavy atom. The van der Waals surface area contributed by atoms with E-state index < -0.39 is 0 Å². The van der Waals surface area contributed by atoms with Crippen molar-refractivity contribution in [1.29, 1.82) is 0 Å². The number of benzene rings is 2. The zero-order valence-electron chi connectivity index (χ0n) is 18.5. The first-order valence-electron chi connectivity index (χ1n) is 11.2. The molecule has 0 saturated carbocycles. The summed E-state index contributed by atoms with van der Waals surface area (Å²) in [4.78, 5) is 9.42. The lowest BCUT2D eigenvalue weighted by molar-refractivity contribution is 0.0342. The van der Waals surface area contributed by atoms with Gasteiger partial charge in [0.05, 0.1) is 13.2 Å². The molecule has 1 atom stereocenters. The van der Waals surface area contributed by atoms with Crippen molar-refractivity contribution in [3.63, 3.8) is 0 Å². The smallest absolute Gasteiger partial charge is 0.193 e. The van der Waals surface area contributed by atoms with E-state index in [1.54, 1.807) is 0 Å². The molecule has 0 aliphatic carbocycles. The van der Waals surface area contributed by atoms with E-state index in [2.05, 4.69) is 74.7 Å². The summed E-state index contributed by atoms with van der Waals surface area (Å²) in [7, 11) is 1.89. The van der Waals surface area contributed by atoms with Crippen molar-refractivity contribution in [3.05, 3.63) is 71.3 Å². The van der Waals surface area contributed by atoms with E-state index in [1.165, 1.54) is 23.1 Å². The molecule has 0 bridgehead atoms. The number of likely N-dealkylation sites (tertiary alicyclic amines) is 1. The van der Waals surface area contributed by atoms with E-state index in [1.807, 2.05) is 7.05 Å². The maximum atomic E-state index is 5.46. The maximum absolute atomic E-state index is 5.46. The highest BCUT2D eigenvalue weighted by molar-refractivity contribution is 14.0. The highest BCUT2D eigenvalue weighted by Crippen LogP contribution is 2.21. The molecule has 2 aliphatic rings. The standard InChI is InChI=1S/C25H34N4O.HI/c1-26-25(29-11-10-24(20-29)16-21-6-3-2-4-7-21)27-18-22-8-5-9-23(17-22)19-28-12-14-30-15-13-28;/h2-9,17,24H,10-16,18-20H2,1H3,(H,26,27);1H. The fraction of sp³-hybridized carbons (Fsp3) is 0.480. The Kier molecular flexibility index (Phi) is 9.61. The molecule has 5 nitrogen and oxygen atoms in total.